The third-order valence-electron chi connectivity index (χ3n) is 6.26. The normalized spacial score (nSPS) is 25.1. The van der Waals surface area contributed by atoms with E-state index in [1.54, 1.807) is 17.0 Å². The summed E-state index contributed by atoms with van der Waals surface area (Å²) >= 11 is 6.06. The predicted octanol–water partition coefficient (Wildman–Crippen LogP) is 4.32. The van der Waals surface area contributed by atoms with E-state index in [2.05, 4.69) is 4.98 Å². The Kier molecular flexibility index (Phi) is 2.76. The Hall–Kier alpha value is -2.85. The second-order valence-corrected chi connectivity index (χ2v) is 8.08. The number of aromatic nitrogens is 1. The van der Waals surface area contributed by atoms with Crippen LogP contribution in [0.3, 0.4) is 0 Å². The van der Waals surface area contributed by atoms with Crippen molar-refractivity contribution in [3.05, 3.63) is 82.1 Å². The van der Waals surface area contributed by atoms with Gasteiger partial charge in [0.25, 0.3) is 5.91 Å². The summed E-state index contributed by atoms with van der Waals surface area (Å²) in [7, 11) is 0. The number of rotatable bonds is 1. The number of H-pyrrole nitrogens is 1. The third-order valence-corrected chi connectivity index (χ3v) is 6.49. The molecule has 2 aromatic carbocycles. The summed E-state index contributed by atoms with van der Waals surface area (Å²) in [5, 5.41) is 1.54. The van der Waals surface area contributed by atoms with Gasteiger partial charge in [0.05, 0.1) is 0 Å². The average molecular weight is 375 g/mol. The van der Waals surface area contributed by atoms with Crippen LogP contribution in [0.25, 0.3) is 10.9 Å². The fourth-order valence-electron chi connectivity index (χ4n) is 4.94. The number of nitrogens with zero attached hydrogens (tertiary/aromatic N) is 1. The minimum atomic E-state index is -0.157. The molecule has 0 radical (unpaired) electrons. The largest absolute Gasteiger partial charge is 0.351 e. The van der Waals surface area contributed by atoms with Gasteiger partial charge in [0, 0.05) is 45.2 Å². The van der Waals surface area contributed by atoms with Gasteiger partial charge in [-0.25, -0.2) is 0 Å². The fourth-order valence-corrected chi connectivity index (χ4v) is 5.12. The number of halogens is 1. The molecule has 3 aromatic rings. The zero-order chi connectivity index (χ0) is 18.3. The van der Waals surface area contributed by atoms with Crippen LogP contribution in [0.1, 0.15) is 32.8 Å². The molecule has 1 saturated carbocycles. The number of likely N-dealkylation sites (tertiary alicyclic amines) is 1. The Morgan fingerprint density at radius 2 is 2.04 bits per heavy atom. The molecule has 3 aliphatic rings. The number of benzene rings is 2. The Bertz CT molecular complexity index is 1210. The van der Waals surface area contributed by atoms with Crippen LogP contribution in [0.2, 0.25) is 5.02 Å². The molecule has 1 aromatic heterocycles. The molecular weight excluding hydrogens is 360 g/mol. The lowest BCUT2D eigenvalue weighted by molar-refractivity contribution is 0.0806. The Morgan fingerprint density at radius 3 is 2.93 bits per heavy atom. The van der Waals surface area contributed by atoms with Gasteiger partial charge < -0.3 is 9.88 Å². The molecule has 1 amide bonds. The lowest BCUT2D eigenvalue weighted by Gasteiger charge is -2.29. The molecule has 1 spiro atoms. The van der Waals surface area contributed by atoms with E-state index in [9.17, 15) is 9.59 Å². The van der Waals surface area contributed by atoms with Crippen LogP contribution in [0.4, 0.5) is 0 Å². The quantitative estimate of drug-likeness (QED) is 0.689. The van der Waals surface area contributed by atoms with Gasteiger partial charge in [-0.2, -0.15) is 0 Å². The number of nitrogens with one attached hydrogen (secondary N) is 1. The average Bonchev–Trinajstić information content (AvgIpc) is 3.06. The highest BCUT2D eigenvalue weighted by molar-refractivity contribution is 6.31. The molecule has 2 heterocycles. The number of carbonyl (C=O) groups is 2. The van der Waals surface area contributed by atoms with Gasteiger partial charge in [-0.05, 0) is 42.2 Å². The van der Waals surface area contributed by atoms with Gasteiger partial charge in [-0.1, -0.05) is 35.9 Å². The molecule has 2 fully saturated rings. The van der Waals surface area contributed by atoms with Crippen LogP contribution in [-0.4, -0.2) is 28.1 Å². The van der Waals surface area contributed by atoms with Crippen molar-refractivity contribution in [2.45, 2.75) is 11.8 Å². The summed E-state index contributed by atoms with van der Waals surface area (Å²) in [6.45, 7) is 0.655. The molecule has 1 N–H and O–H groups in total. The molecule has 2 atom stereocenters. The van der Waals surface area contributed by atoms with Gasteiger partial charge in [-0.3, -0.25) is 9.59 Å². The zero-order valence-corrected chi connectivity index (χ0v) is 15.1. The van der Waals surface area contributed by atoms with Gasteiger partial charge >= 0.3 is 0 Å². The van der Waals surface area contributed by atoms with Crippen molar-refractivity contribution in [1.82, 2.24) is 9.88 Å². The highest BCUT2D eigenvalue weighted by atomic mass is 35.5. The SMILES string of the molecule is O=C1C=C2N(C(=O)c3cc4cc(Cl)ccc4[nH]3)C[C@H]3C[C@@]23c2ccccc21. The number of ketones is 1. The van der Waals surface area contributed by atoms with Crippen LogP contribution >= 0.6 is 11.6 Å². The van der Waals surface area contributed by atoms with E-state index in [1.165, 1.54) is 0 Å². The summed E-state index contributed by atoms with van der Waals surface area (Å²) in [5.74, 6) is 0.285. The number of fused-ring (bicyclic) bond motifs is 2. The Morgan fingerprint density at radius 1 is 1.19 bits per heavy atom. The van der Waals surface area contributed by atoms with Crippen molar-refractivity contribution in [3.8, 4) is 0 Å². The van der Waals surface area contributed by atoms with E-state index in [0.717, 1.165) is 34.1 Å². The minimum Gasteiger partial charge on any atom is -0.351 e. The highest BCUT2D eigenvalue weighted by Crippen LogP contribution is 2.66. The number of piperidine rings is 1. The van der Waals surface area contributed by atoms with E-state index in [0.29, 0.717) is 23.2 Å². The zero-order valence-electron chi connectivity index (χ0n) is 14.3. The van der Waals surface area contributed by atoms with Crippen LogP contribution in [-0.2, 0) is 5.41 Å². The maximum absolute atomic E-state index is 13.2. The number of amides is 1. The van der Waals surface area contributed by atoms with Crippen LogP contribution < -0.4 is 0 Å². The van der Waals surface area contributed by atoms with Crippen LogP contribution in [0, 0.1) is 5.92 Å². The Balaban J connectivity index is 1.43. The molecule has 0 bridgehead atoms. The summed E-state index contributed by atoms with van der Waals surface area (Å²) in [4.78, 5) is 30.9. The lowest BCUT2D eigenvalue weighted by atomic mass is 9.81. The summed E-state index contributed by atoms with van der Waals surface area (Å²) in [6, 6.07) is 15.2. The molecule has 6 rings (SSSR count). The number of hydrogen-bond acceptors (Lipinski definition) is 2. The lowest BCUT2D eigenvalue weighted by Crippen LogP contribution is -2.33. The molecule has 2 aliphatic carbocycles. The van der Waals surface area contributed by atoms with Crippen molar-refractivity contribution >= 4 is 34.2 Å². The van der Waals surface area contributed by atoms with Gasteiger partial charge in [0.15, 0.2) is 5.78 Å². The molecule has 4 nitrogen and oxygen atoms in total. The van der Waals surface area contributed by atoms with Crippen molar-refractivity contribution in [1.29, 1.82) is 0 Å². The van der Waals surface area contributed by atoms with Crippen LogP contribution in [0.5, 0.6) is 0 Å². The van der Waals surface area contributed by atoms with Gasteiger partial charge in [-0.15, -0.1) is 0 Å². The van der Waals surface area contributed by atoms with Crippen molar-refractivity contribution in [2.24, 2.45) is 5.92 Å². The number of allylic oxidation sites excluding steroid dienone is 2. The molecule has 1 saturated heterocycles. The first kappa shape index (κ1) is 15.2. The second kappa shape index (κ2) is 4.90. The van der Waals surface area contributed by atoms with Crippen molar-refractivity contribution < 1.29 is 9.59 Å². The number of aromatic amines is 1. The predicted molar refractivity (Wildman–Crippen MR) is 103 cm³/mol. The van der Waals surface area contributed by atoms with E-state index in [-0.39, 0.29) is 17.1 Å². The second-order valence-electron chi connectivity index (χ2n) is 7.64. The maximum Gasteiger partial charge on any atom is 0.274 e. The summed E-state index contributed by atoms with van der Waals surface area (Å²) in [6.07, 6.45) is 2.68. The fraction of sp³-hybridized carbons (Fsp3) is 0.182. The molecule has 1 aliphatic heterocycles. The Labute approximate surface area is 160 Å². The van der Waals surface area contributed by atoms with Gasteiger partial charge in [0.2, 0.25) is 0 Å². The monoisotopic (exact) mass is 374 g/mol. The molecule has 5 heteroatoms. The van der Waals surface area contributed by atoms with E-state index >= 15 is 0 Å². The first-order valence-electron chi connectivity index (χ1n) is 9.04. The standard InChI is InChI=1S/C22H15ClN2O2/c23-14-5-6-17-12(7-14)8-18(24-17)21(27)25-11-13-10-22(13)16-4-2-1-3-15(16)19(26)9-20(22)25/h1-9,13,24H,10-11H2/t13-,22-/m1/s1. The summed E-state index contributed by atoms with van der Waals surface area (Å²) < 4.78 is 0. The highest BCUT2D eigenvalue weighted by Gasteiger charge is 2.67. The maximum atomic E-state index is 13.2. The first-order chi connectivity index (χ1) is 13.1. The van der Waals surface area contributed by atoms with E-state index < -0.39 is 0 Å². The van der Waals surface area contributed by atoms with Crippen LogP contribution in [0.15, 0.2) is 60.3 Å². The van der Waals surface area contributed by atoms with E-state index in [4.69, 9.17) is 11.6 Å². The van der Waals surface area contributed by atoms with Gasteiger partial charge in [0.1, 0.15) is 5.69 Å². The third kappa shape index (κ3) is 1.88. The van der Waals surface area contributed by atoms with Crippen molar-refractivity contribution in [2.75, 3.05) is 6.54 Å². The molecular formula is C22H15ClN2O2. The topological polar surface area (TPSA) is 53.2 Å². The number of hydrogen-bond donors (Lipinski definition) is 1. The molecule has 0 unspecified atom stereocenters. The smallest absolute Gasteiger partial charge is 0.274 e. The number of carbonyl (C=O) groups excluding carboxylic acids is 2. The summed E-state index contributed by atoms with van der Waals surface area (Å²) in [5.41, 5.74) is 3.96. The van der Waals surface area contributed by atoms with E-state index in [1.807, 2.05) is 42.5 Å². The first-order valence-corrected chi connectivity index (χ1v) is 9.42. The minimum absolute atomic E-state index is 0.0139. The van der Waals surface area contributed by atoms with Crippen molar-refractivity contribution in [3.63, 3.8) is 0 Å². The molecule has 132 valence electrons. The molecule has 27 heavy (non-hydrogen) atoms.